The highest BCUT2D eigenvalue weighted by atomic mass is 32.2. The van der Waals surface area contributed by atoms with Gasteiger partial charge in [0.2, 0.25) is 0 Å². The third-order valence-electron chi connectivity index (χ3n) is 5.70. The van der Waals surface area contributed by atoms with Crippen molar-refractivity contribution in [1.82, 2.24) is 25.0 Å². The fourth-order valence-corrected chi connectivity index (χ4v) is 4.31. The Kier molecular flexibility index (Phi) is 7.51. The monoisotopic (exact) mass is 553 g/mol. The van der Waals surface area contributed by atoms with Crippen molar-refractivity contribution in [3.8, 4) is 22.6 Å². The van der Waals surface area contributed by atoms with Crippen LogP contribution in [0.5, 0.6) is 0 Å². The lowest BCUT2D eigenvalue weighted by molar-refractivity contribution is -0.199. The first kappa shape index (κ1) is 27.2. The number of rotatable bonds is 6. The molecule has 3 aromatic heterocycles. The molecule has 15 heteroatoms. The summed E-state index contributed by atoms with van der Waals surface area (Å²) in [6, 6.07) is 4.06. The molecule has 4 heterocycles. The molecule has 0 aromatic carbocycles. The van der Waals surface area contributed by atoms with Crippen LogP contribution in [0.4, 0.5) is 13.2 Å². The molecular formula is C23H22F3N5O6S. The minimum absolute atomic E-state index is 0.0446. The smallest absolute Gasteiger partial charge is 0.381 e. The van der Waals surface area contributed by atoms with Gasteiger partial charge in [-0.25, -0.2) is 18.2 Å². The van der Waals surface area contributed by atoms with Crippen molar-refractivity contribution >= 4 is 21.7 Å². The number of halogens is 3. The van der Waals surface area contributed by atoms with Crippen molar-refractivity contribution in [3.05, 3.63) is 48.2 Å². The summed E-state index contributed by atoms with van der Waals surface area (Å²) in [5.41, 5.74) is 0.312. The number of imidazole rings is 1. The van der Waals surface area contributed by atoms with Crippen molar-refractivity contribution in [2.45, 2.75) is 36.9 Å². The number of nitrogens with zero attached hydrogens (tertiary/aromatic N) is 4. The molecule has 0 unspecified atom stereocenters. The van der Waals surface area contributed by atoms with E-state index in [1.54, 1.807) is 0 Å². The molecule has 0 atom stereocenters. The zero-order chi connectivity index (χ0) is 27.7. The van der Waals surface area contributed by atoms with E-state index in [1.807, 2.05) is 0 Å². The lowest BCUT2D eigenvalue weighted by Gasteiger charge is -2.22. The minimum Gasteiger partial charge on any atom is -0.381 e. The van der Waals surface area contributed by atoms with Crippen LogP contribution in [0, 0.1) is 6.92 Å². The number of sulfone groups is 1. The van der Waals surface area contributed by atoms with Gasteiger partial charge < -0.3 is 14.9 Å². The first-order valence-corrected chi connectivity index (χ1v) is 13.1. The molecule has 1 fully saturated rings. The highest BCUT2D eigenvalue weighted by Gasteiger charge is 2.43. The molecule has 1 N–H and O–H groups in total. The number of carbonyl (C=O) groups is 2. The van der Waals surface area contributed by atoms with Crippen molar-refractivity contribution in [2.75, 3.05) is 19.5 Å². The Morgan fingerprint density at radius 2 is 1.87 bits per heavy atom. The van der Waals surface area contributed by atoms with Crippen LogP contribution in [0.15, 0.2) is 41.7 Å². The van der Waals surface area contributed by atoms with Crippen LogP contribution in [-0.2, 0) is 19.4 Å². The Morgan fingerprint density at radius 3 is 2.53 bits per heavy atom. The van der Waals surface area contributed by atoms with E-state index < -0.39 is 27.9 Å². The maximum atomic E-state index is 13.0. The van der Waals surface area contributed by atoms with Gasteiger partial charge in [-0.05, 0) is 43.5 Å². The number of aromatic nitrogens is 4. The van der Waals surface area contributed by atoms with Gasteiger partial charge in [-0.3, -0.25) is 14.8 Å². The van der Waals surface area contributed by atoms with Crippen molar-refractivity contribution < 1.29 is 40.8 Å². The zero-order valence-corrected chi connectivity index (χ0v) is 21.0. The zero-order valence-electron chi connectivity index (χ0n) is 20.2. The fraction of sp³-hybridized carbons (Fsp3) is 0.348. The van der Waals surface area contributed by atoms with Gasteiger partial charge in [0.05, 0.1) is 10.6 Å². The molecule has 0 saturated carbocycles. The number of nitrogens with one attached hydrogen (secondary N) is 1. The summed E-state index contributed by atoms with van der Waals surface area (Å²) in [6.45, 7) is 2.17. The average molecular weight is 554 g/mol. The molecule has 0 bridgehead atoms. The maximum absolute atomic E-state index is 13.0. The number of hydrogen-bond acceptors (Lipinski definition) is 9. The number of alkyl halides is 3. The number of ether oxygens (including phenoxy) is 1. The summed E-state index contributed by atoms with van der Waals surface area (Å²) in [6.07, 6.45) is 0.675. The fourth-order valence-electron chi connectivity index (χ4n) is 3.72. The normalized spacial score (nSPS) is 14.8. The van der Waals surface area contributed by atoms with Crippen LogP contribution in [0.1, 0.15) is 29.0 Å². The van der Waals surface area contributed by atoms with Crippen LogP contribution < -0.4 is 10.2 Å². The summed E-state index contributed by atoms with van der Waals surface area (Å²) in [4.78, 5) is 41.4. The van der Waals surface area contributed by atoms with E-state index in [4.69, 9.17) is 4.74 Å². The average Bonchev–Trinajstić information content (AvgIpc) is 3.19. The number of carbonyl (C=O) groups excluding carboxylic acids is 2. The van der Waals surface area contributed by atoms with Gasteiger partial charge in [0.15, 0.2) is 21.4 Å². The van der Waals surface area contributed by atoms with Gasteiger partial charge in [-0.2, -0.15) is 17.9 Å². The molecule has 1 aliphatic heterocycles. The lowest BCUT2D eigenvalue weighted by Crippen LogP contribution is -2.39. The third kappa shape index (κ3) is 5.99. The van der Waals surface area contributed by atoms with Crippen molar-refractivity contribution in [1.29, 1.82) is 0 Å². The van der Waals surface area contributed by atoms with Gasteiger partial charge in [-0.15, -0.1) is 0 Å². The van der Waals surface area contributed by atoms with Crippen LogP contribution >= 0.6 is 0 Å². The molecule has 0 spiro atoms. The third-order valence-corrected chi connectivity index (χ3v) is 6.78. The van der Waals surface area contributed by atoms with Crippen LogP contribution in [0.25, 0.3) is 22.6 Å². The van der Waals surface area contributed by atoms with E-state index in [1.165, 1.54) is 43.7 Å². The maximum Gasteiger partial charge on any atom is 0.493 e. The molecule has 0 aliphatic carbocycles. The molecule has 0 radical (unpaired) electrons. The molecule has 3 aromatic rings. The second kappa shape index (κ2) is 10.5. The number of pyridine rings is 2. The number of hydrogen-bond donors (Lipinski definition) is 1. The predicted molar refractivity (Wildman–Crippen MR) is 125 cm³/mol. The van der Waals surface area contributed by atoms with Crippen molar-refractivity contribution in [2.24, 2.45) is 0 Å². The SMILES string of the molecule is Cc1c(C(=O)NC2CCOCC2)nc(-c2cc(-c3cncc(S(C)(=O)=O)c3)ccn2)n1OC(=O)C(F)(F)F. The minimum atomic E-state index is -5.31. The summed E-state index contributed by atoms with van der Waals surface area (Å²) >= 11 is 0. The largest absolute Gasteiger partial charge is 0.493 e. The topological polar surface area (TPSA) is 142 Å². The van der Waals surface area contributed by atoms with Gasteiger partial charge >= 0.3 is 12.1 Å². The Balaban J connectivity index is 1.77. The quantitative estimate of drug-likeness (QED) is 0.486. The van der Waals surface area contributed by atoms with Gasteiger partial charge in [-0.1, -0.05) is 0 Å². The van der Waals surface area contributed by atoms with E-state index in [0.717, 1.165) is 6.26 Å². The molecule has 1 amide bonds. The van der Waals surface area contributed by atoms with Gasteiger partial charge in [0.1, 0.15) is 5.69 Å². The van der Waals surface area contributed by atoms with E-state index in [0.29, 0.717) is 41.9 Å². The molecular weight excluding hydrogens is 531 g/mol. The predicted octanol–water partition coefficient (Wildman–Crippen LogP) is 2.15. The Hall–Kier alpha value is -3.85. The number of amides is 1. The lowest BCUT2D eigenvalue weighted by atomic mass is 10.1. The van der Waals surface area contributed by atoms with Crippen molar-refractivity contribution in [3.63, 3.8) is 0 Å². The summed E-state index contributed by atoms with van der Waals surface area (Å²) in [7, 11) is -3.56. The van der Waals surface area contributed by atoms with E-state index >= 15 is 0 Å². The molecule has 1 saturated heterocycles. The molecule has 202 valence electrons. The molecule has 4 rings (SSSR count). The van der Waals surface area contributed by atoms with E-state index in [-0.39, 0.29) is 33.8 Å². The van der Waals surface area contributed by atoms with Crippen LogP contribution in [-0.4, -0.2) is 71.7 Å². The Bertz CT molecular complexity index is 1480. The van der Waals surface area contributed by atoms with Gasteiger partial charge in [0, 0.05) is 49.7 Å². The first-order chi connectivity index (χ1) is 17.8. The van der Waals surface area contributed by atoms with Crippen LogP contribution in [0.3, 0.4) is 0 Å². The Labute approximate surface area is 214 Å². The standard InChI is InChI=1S/C23H22F3N5O6S/c1-13-19(21(32)29-16-4-7-36-8-5-16)30-20(31(13)37-22(33)23(24,25)26)18-10-14(3-6-28-18)15-9-17(12-27-11-15)38(2,34)35/h3,6,9-12,16H,4-5,7-8H2,1-2H3,(H,29,32). The summed E-state index contributed by atoms with van der Waals surface area (Å²) < 4.78 is 68.7. The summed E-state index contributed by atoms with van der Waals surface area (Å²) in [5, 5.41) is 2.77. The second-order valence-electron chi connectivity index (χ2n) is 8.51. The second-order valence-corrected chi connectivity index (χ2v) is 10.5. The molecule has 1 aliphatic rings. The highest BCUT2D eigenvalue weighted by Crippen LogP contribution is 2.27. The summed E-state index contributed by atoms with van der Waals surface area (Å²) in [5.74, 6) is -3.53. The van der Waals surface area contributed by atoms with E-state index in [9.17, 15) is 31.2 Å². The Morgan fingerprint density at radius 1 is 1.16 bits per heavy atom. The van der Waals surface area contributed by atoms with Crippen LogP contribution in [0.2, 0.25) is 0 Å². The molecule has 38 heavy (non-hydrogen) atoms. The molecule has 11 nitrogen and oxygen atoms in total. The first-order valence-electron chi connectivity index (χ1n) is 11.2. The highest BCUT2D eigenvalue weighted by molar-refractivity contribution is 7.90. The van der Waals surface area contributed by atoms with E-state index in [2.05, 4.69) is 25.1 Å². The van der Waals surface area contributed by atoms with Gasteiger partial charge in [0.25, 0.3) is 5.91 Å².